The Hall–Kier alpha value is -1.06. The van der Waals surface area contributed by atoms with Gasteiger partial charge in [0, 0.05) is 6.42 Å². The molecule has 0 heterocycles. The van der Waals surface area contributed by atoms with Crippen molar-refractivity contribution in [3.8, 4) is 0 Å². The van der Waals surface area contributed by atoms with Gasteiger partial charge in [-0.3, -0.25) is 4.79 Å². The Bertz CT molecular complexity index is 292. The van der Waals surface area contributed by atoms with E-state index in [4.69, 9.17) is 5.11 Å². The summed E-state index contributed by atoms with van der Waals surface area (Å²) in [7, 11) is 0. The molecule has 2 atom stereocenters. The molecule has 0 bridgehead atoms. The number of hydrogen-bond donors (Lipinski definition) is 2. The SMILES string of the molecule is CCCCCCCCCCC(=O)N[C@H](C(=O)O)[C@@H](C)CC. The molecule has 0 spiro atoms. The summed E-state index contributed by atoms with van der Waals surface area (Å²) in [6, 6.07) is -0.753. The van der Waals surface area contributed by atoms with Gasteiger partial charge in [0.1, 0.15) is 6.04 Å². The second kappa shape index (κ2) is 12.7. The van der Waals surface area contributed by atoms with Gasteiger partial charge in [-0.2, -0.15) is 0 Å². The van der Waals surface area contributed by atoms with E-state index < -0.39 is 12.0 Å². The van der Waals surface area contributed by atoms with Gasteiger partial charge < -0.3 is 10.4 Å². The molecular weight excluding hydrogens is 266 g/mol. The van der Waals surface area contributed by atoms with Crippen LogP contribution in [0.5, 0.6) is 0 Å². The number of nitrogens with one attached hydrogen (secondary N) is 1. The molecule has 0 aromatic rings. The lowest BCUT2D eigenvalue weighted by Gasteiger charge is -2.20. The van der Waals surface area contributed by atoms with Crippen molar-refractivity contribution >= 4 is 11.9 Å². The van der Waals surface area contributed by atoms with E-state index in [9.17, 15) is 9.59 Å². The largest absolute Gasteiger partial charge is 0.480 e. The minimum atomic E-state index is -0.936. The average molecular weight is 299 g/mol. The van der Waals surface area contributed by atoms with Crippen LogP contribution < -0.4 is 5.32 Å². The second-order valence-corrected chi connectivity index (χ2v) is 5.99. The summed E-state index contributed by atoms with van der Waals surface area (Å²) in [5, 5.41) is 11.8. The third kappa shape index (κ3) is 10.3. The van der Waals surface area contributed by atoms with E-state index in [1.807, 2.05) is 13.8 Å². The number of carbonyl (C=O) groups is 2. The Morgan fingerprint density at radius 2 is 1.48 bits per heavy atom. The standard InChI is InChI=1S/C17H33NO3/c1-4-6-7-8-9-10-11-12-13-15(19)18-16(17(20)21)14(3)5-2/h14,16H,4-13H2,1-3H3,(H,18,19)(H,20,21)/t14-,16-/m0/s1. The minimum Gasteiger partial charge on any atom is -0.480 e. The molecule has 0 fully saturated rings. The maximum atomic E-state index is 11.8. The van der Waals surface area contributed by atoms with Gasteiger partial charge in [0.15, 0.2) is 0 Å². The van der Waals surface area contributed by atoms with Crippen LogP contribution in [-0.4, -0.2) is 23.0 Å². The second-order valence-electron chi connectivity index (χ2n) is 5.99. The molecular formula is C17H33NO3. The van der Waals surface area contributed by atoms with Crippen LogP contribution in [0.1, 0.15) is 85.0 Å². The molecule has 0 aliphatic rings. The molecule has 1 amide bonds. The highest BCUT2D eigenvalue weighted by Gasteiger charge is 2.24. The van der Waals surface area contributed by atoms with Crippen LogP contribution >= 0.6 is 0 Å². The molecule has 0 saturated carbocycles. The van der Waals surface area contributed by atoms with Gasteiger partial charge in [-0.05, 0) is 12.3 Å². The molecule has 0 saturated heterocycles. The number of carboxylic acids is 1. The number of hydrogen-bond acceptors (Lipinski definition) is 2. The lowest BCUT2D eigenvalue weighted by atomic mass is 9.99. The average Bonchev–Trinajstić information content (AvgIpc) is 2.46. The van der Waals surface area contributed by atoms with Crippen LogP contribution in [-0.2, 0) is 9.59 Å². The fraction of sp³-hybridized carbons (Fsp3) is 0.882. The zero-order valence-corrected chi connectivity index (χ0v) is 14.0. The summed E-state index contributed by atoms with van der Waals surface area (Å²) >= 11 is 0. The Morgan fingerprint density at radius 1 is 0.952 bits per heavy atom. The highest BCUT2D eigenvalue weighted by Crippen LogP contribution is 2.11. The van der Waals surface area contributed by atoms with Gasteiger partial charge >= 0.3 is 5.97 Å². The predicted molar refractivity (Wildman–Crippen MR) is 86.2 cm³/mol. The van der Waals surface area contributed by atoms with Crippen molar-refractivity contribution in [3.05, 3.63) is 0 Å². The van der Waals surface area contributed by atoms with Gasteiger partial charge in [0.25, 0.3) is 0 Å². The highest BCUT2D eigenvalue weighted by molar-refractivity contribution is 5.83. The first-order chi connectivity index (χ1) is 10.0. The maximum Gasteiger partial charge on any atom is 0.326 e. The zero-order valence-electron chi connectivity index (χ0n) is 14.0. The molecule has 0 rings (SSSR count). The molecule has 2 N–H and O–H groups in total. The van der Waals surface area contributed by atoms with E-state index >= 15 is 0 Å². The van der Waals surface area contributed by atoms with E-state index in [0.29, 0.717) is 6.42 Å². The first-order valence-corrected chi connectivity index (χ1v) is 8.55. The van der Waals surface area contributed by atoms with Crippen LogP contribution in [0.15, 0.2) is 0 Å². The Morgan fingerprint density at radius 3 is 1.95 bits per heavy atom. The lowest BCUT2D eigenvalue weighted by Crippen LogP contribution is -2.44. The number of carboxylic acid groups (broad SMARTS) is 1. The Labute approximate surface area is 129 Å². The third-order valence-electron chi connectivity index (χ3n) is 4.05. The molecule has 0 aliphatic carbocycles. The summed E-state index contributed by atoms with van der Waals surface area (Å²) < 4.78 is 0. The normalized spacial score (nSPS) is 13.7. The quantitative estimate of drug-likeness (QED) is 0.502. The van der Waals surface area contributed by atoms with Crippen molar-refractivity contribution in [1.82, 2.24) is 5.32 Å². The van der Waals surface area contributed by atoms with Crippen molar-refractivity contribution in [2.45, 2.75) is 91.0 Å². The number of unbranched alkanes of at least 4 members (excludes halogenated alkanes) is 7. The molecule has 21 heavy (non-hydrogen) atoms. The van der Waals surface area contributed by atoms with Gasteiger partial charge in [0.05, 0.1) is 0 Å². The molecule has 124 valence electrons. The first-order valence-electron chi connectivity index (χ1n) is 8.55. The van der Waals surface area contributed by atoms with Crippen molar-refractivity contribution in [3.63, 3.8) is 0 Å². The monoisotopic (exact) mass is 299 g/mol. The van der Waals surface area contributed by atoms with Crippen LogP contribution in [0.25, 0.3) is 0 Å². The van der Waals surface area contributed by atoms with Crippen LogP contribution in [0.2, 0.25) is 0 Å². The summed E-state index contributed by atoms with van der Waals surface area (Å²) in [5.41, 5.74) is 0. The van der Waals surface area contributed by atoms with E-state index in [-0.39, 0.29) is 11.8 Å². The van der Waals surface area contributed by atoms with Crippen LogP contribution in [0.4, 0.5) is 0 Å². The number of carbonyl (C=O) groups excluding carboxylic acids is 1. The van der Waals surface area contributed by atoms with Crippen LogP contribution in [0.3, 0.4) is 0 Å². The van der Waals surface area contributed by atoms with Crippen molar-refractivity contribution in [2.75, 3.05) is 0 Å². The predicted octanol–water partition coefficient (Wildman–Crippen LogP) is 4.13. The number of amides is 1. The summed E-state index contributed by atoms with van der Waals surface area (Å²) in [6.07, 6.45) is 10.7. The third-order valence-corrected chi connectivity index (χ3v) is 4.05. The van der Waals surface area contributed by atoms with Crippen molar-refractivity contribution in [2.24, 2.45) is 5.92 Å². The van der Waals surface area contributed by atoms with Gasteiger partial charge in [-0.25, -0.2) is 4.79 Å². The molecule has 4 nitrogen and oxygen atoms in total. The molecule has 0 radical (unpaired) electrons. The molecule has 0 unspecified atom stereocenters. The summed E-state index contributed by atoms with van der Waals surface area (Å²) in [6.45, 7) is 6.00. The van der Waals surface area contributed by atoms with Gasteiger partial charge in [-0.1, -0.05) is 72.1 Å². The fourth-order valence-corrected chi connectivity index (χ4v) is 2.35. The fourth-order valence-electron chi connectivity index (χ4n) is 2.35. The molecule has 0 aliphatic heterocycles. The first kappa shape index (κ1) is 19.9. The Kier molecular flexibility index (Phi) is 12.0. The van der Waals surface area contributed by atoms with E-state index in [0.717, 1.165) is 19.3 Å². The number of aliphatic carboxylic acids is 1. The number of rotatable bonds is 13. The highest BCUT2D eigenvalue weighted by atomic mass is 16.4. The van der Waals surface area contributed by atoms with Crippen LogP contribution in [0, 0.1) is 5.92 Å². The lowest BCUT2D eigenvalue weighted by molar-refractivity contribution is -0.143. The smallest absolute Gasteiger partial charge is 0.326 e. The maximum absolute atomic E-state index is 11.8. The van der Waals surface area contributed by atoms with E-state index in [2.05, 4.69) is 12.2 Å². The minimum absolute atomic E-state index is 0.0370. The van der Waals surface area contributed by atoms with Crippen molar-refractivity contribution < 1.29 is 14.7 Å². The van der Waals surface area contributed by atoms with Gasteiger partial charge in [-0.15, -0.1) is 0 Å². The van der Waals surface area contributed by atoms with Gasteiger partial charge in [0.2, 0.25) is 5.91 Å². The molecule has 0 aromatic carbocycles. The summed E-state index contributed by atoms with van der Waals surface area (Å²) in [4.78, 5) is 22.9. The Balaban J connectivity index is 3.71. The van der Waals surface area contributed by atoms with E-state index in [1.165, 1.54) is 38.5 Å². The molecule has 4 heteroatoms. The summed E-state index contributed by atoms with van der Waals surface area (Å²) in [5.74, 6) is -1.10. The zero-order chi connectivity index (χ0) is 16.1. The van der Waals surface area contributed by atoms with E-state index in [1.54, 1.807) is 0 Å². The van der Waals surface area contributed by atoms with Crippen molar-refractivity contribution in [1.29, 1.82) is 0 Å². The molecule has 0 aromatic heterocycles. The topological polar surface area (TPSA) is 66.4 Å².